The molecule has 1 aliphatic heterocycles. The second-order valence-electron chi connectivity index (χ2n) is 7.22. The van der Waals surface area contributed by atoms with Crippen LogP contribution in [0.25, 0.3) is 0 Å². The van der Waals surface area contributed by atoms with Gasteiger partial charge in [0.2, 0.25) is 10.0 Å². The number of thioether (sulfide) groups is 1. The highest BCUT2D eigenvalue weighted by molar-refractivity contribution is 8.00. The Labute approximate surface area is 171 Å². The second-order valence-corrected chi connectivity index (χ2v) is 10.5. The van der Waals surface area contributed by atoms with Crippen LogP contribution < -0.4 is 0 Å². The average Bonchev–Trinajstić information content (AvgIpc) is 2.70. The number of carbonyl (C=O) groups excluding carboxylic acids is 1. The van der Waals surface area contributed by atoms with Gasteiger partial charge in [0, 0.05) is 24.8 Å². The van der Waals surface area contributed by atoms with Crippen molar-refractivity contribution in [1.82, 2.24) is 9.29 Å². The van der Waals surface area contributed by atoms with Crippen molar-refractivity contribution in [3.8, 4) is 0 Å². The smallest absolute Gasteiger partial charge is 0.244 e. The first-order chi connectivity index (χ1) is 13.3. The number of sulfonamides is 1. The van der Waals surface area contributed by atoms with Crippen LogP contribution in [0.4, 0.5) is 0 Å². The molecule has 1 atom stereocenters. The summed E-state index contributed by atoms with van der Waals surface area (Å²) >= 11 is 1.34. The summed E-state index contributed by atoms with van der Waals surface area (Å²) in [5, 5.41) is 0.335. The molecule has 150 valence electrons. The predicted octanol–water partition coefficient (Wildman–Crippen LogP) is 4.24. The topological polar surface area (TPSA) is 67.3 Å². The van der Waals surface area contributed by atoms with Crippen LogP contribution >= 0.6 is 11.8 Å². The summed E-state index contributed by atoms with van der Waals surface area (Å²) < 4.78 is 26.9. The molecule has 1 saturated heterocycles. The molecule has 1 aliphatic rings. The summed E-state index contributed by atoms with van der Waals surface area (Å²) in [5.74, 6) is 0.0416. The minimum absolute atomic E-state index is 0.0416. The summed E-state index contributed by atoms with van der Waals surface area (Å²) in [4.78, 5) is 17.2. The third kappa shape index (κ3) is 4.64. The van der Waals surface area contributed by atoms with E-state index in [1.54, 1.807) is 12.1 Å². The standard InChI is InChI=1S/C21H26N2O3S2/c1-15-7-8-18(13-16(15)2)21(24)17(3)27-20-10-9-19(14-22-20)28(25,26)23-11-5-4-6-12-23/h7-10,13-14,17H,4-6,11-12H2,1-3H3/t17-/m1/s1. The zero-order chi connectivity index (χ0) is 20.3. The molecule has 1 aromatic carbocycles. The zero-order valence-electron chi connectivity index (χ0n) is 16.5. The van der Waals surface area contributed by atoms with Gasteiger partial charge in [-0.25, -0.2) is 13.4 Å². The third-order valence-corrected chi connectivity index (χ3v) is 8.05. The Morgan fingerprint density at radius 2 is 1.79 bits per heavy atom. The Morgan fingerprint density at radius 3 is 2.39 bits per heavy atom. The molecule has 0 amide bonds. The first-order valence-electron chi connectivity index (χ1n) is 9.53. The van der Waals surface area contributed by atoms with E-state index < -0.39 is 10.0 Å². The first kappa shape index (κ1) is 21.0. The SMILES string of the molecule is Cc1ccc(C(=O)[C@@H](C)Sc2ccc(S(=O)(=O)N3CCCCC3)cn2)cc1C. The number of aromatic nitrogens is 1. The number of Topliss-reactive ketones (excluding diaryl/α,β-unsaturated/α-hetero) is 1. The number of hydrogen-bond acceptors (Lipinski definition) is 5. The van der Waals surface area contributed by atoms with Crippen molar-refractivity contribution < 1.29 is 13.2 Å². The van der Waals surface area contributed by atoms with Gasteiger partial charge in [0.1, 0.15) is 4.90 Å². The Bertz CT molecular complexity index is 950. The number of pyridine rings is 1. The van der Waals surface area contributed by atoms with Gasteiger partial charge >= 0.3 is 0 Å². The molecule has 7 heteroatoms. The van der Waals surface area contributed by atoms with E-state index in [0.29, 0.717) is 23.7 Å². The summed E-state index contributed by atoms with van der Waals surface area (Å²) in [5.41, 5.74) is 2.94. The van der Waals surface area contributed by atoms with E-state index >= 15 is 0 Å². The Balaban J connectivity index is 1.69. The number of rotatable bonds is 6. The number of aryl methyl sites for hydroxylation is 2. The molecule has 3 rings (SSSR count). The molecule has 0 unspecified atom stereocenters. The number of piperidine rings is 1. The normalized spacial score (nSPS) is 16.7. The molecule has 0 bridgehead atoms. The lowest BCUT2D eigenvalue weighted by atomic mass is 10.0. The average molecular weight is 419 g/mol. The number of benzene rings is 1. The molecule has 0 aliphatic carbocycles. The van der Waals surface area contributed by atoms with E-state index in [9.17, 15) is 13.2 Å². The monoisotopic (exact) mass is 418 g/mol. The highest BCUT2D eigenvalue weighted by Crippen LogP contribution is 2.26. The first-order valence-corrected chi connectivity index (χ1v) is 11.9. The lowest BCUT2D eigenvalue weighted by Crippen LogP contribution is -2.35. The van der Waals surface area contributed by atoms with Crippen LogP contribution in [0, 0.1) is 13.8 Å². The van der Waals surface area contributed by atoms with Crippen LogP contribution in [0.5, 0.6) is 0 Å². The van der Waals surface area contributed by atoms with Gasteiger partial charge in [-0.1, -0.05) is 30.3 Å². The summed E-state index contributed by atoms with van der Waals surface area (Å²) in [7, 11) is -3.48. The molecule has 1 fully saturated rings. The van der Waals surface area contributed by atoms with Crippen LogP contribution in [-0.4, -0.2) is 41.8 Å². The fourth-order valence-electron chi connectivity index (χ4n) is 3.21. The van der Waals surface area contributed by atoms with Crippen LogP contribution in [0.2, 0.25) is 0 Å². The number of hydrogen-bond donors (Lipinski definition) is 0. The lowest BCUT2D eigenvalue weighted by molar-refractivity contribution is 0.0994. The summed E-state index contributed by atoms with van der Waals surface area (Å²) in [6.45, 7) is 7.00. The molecular weight excluding hydrogens is 392 g/mol. The van der Waals surface area contributed by atoms with Crippen molar-refractivity contribution in [2.75, 3.05) is 13.1 Å². The zero-order valence-corrected chi connectivity index (χ0v) is 18.1. The van der Waals surface area contributed by atoms with E-state index in [4.69, 9.17) is 0 Å². The van der Waals surface area contributed by atoms with E-state index in [1.807, 2.05) is 39.0 Å². The maximum absolute atomic E-state index is 12.7. The van der Waals surface area contributed by atoms with Crippen LogP contribution in [0.15, 0.2) is 46.5 Å². The highest BCUT2D eigenvalue weighted by atomic mass is 32.2. The highest BCUT2D eigenvalue weighted by Gasteiger charge is 2.26. The third-order valence-electron chi connectivity index (χ3n) is 5.12. The fraction of sp³-hybridized carbons (Fsp3) is 0.429. The fourth-order valence-corrected chi connectivity index (χ4v) is 5.54. The van der Waals surface area contributed by atoms with E-state index in [-0.39, 0.29) is 15.9 Å². The molecule has 28 heavy (non-hydrogen) atoms. The molecule has 0 radical (unpaired) electrons. The lowest BCUT2D eigenvalue weighted by Gasteiger charge is -2.25. The van der Waals surface area contributed by atoms with Crippen LogP contribution in [0.1, 0.15) is 47.7 Å². The molecule has 1 aromatic heterocycles. The minimum atomic E-state index is -3.48. The van der Waals surface area contributed by atoms with E-state index in [0.717, 1.165) is 30.4 Å². The minimum Gasteiger partial charge on any atom is -0.293 e. The summed E-state index contributed by atoms with van der Waals surface area (Å²) in [6, 6.07) is 9.00. The van der Waals surface area contributed by atoms with Gasteiger partial charge in [0.25, 0.3) is 0 Å². The second kappa shape index (κ2) is 8.76. The number of nitrogens with zero attached hydrogens (tertiary/aromatic N) is 2. The van der Waals surface area contributed by atoms with E-state index in [1.165, 1.54) is 22.3 Å². The number of carbonyl (C=O) groups is 1. The Kier molecular flexibility index (Phi) is 6.58. The van der Waals surface area contributed by atoms with Crippen molar-refractivity contribution in [1.29, 1.82) is 0 Å². The van der Waals surface area contributed by atoms with Gasteiger partial charge in [-0.3, -0.25) is 4.79 Å². The Morgan fingerprint density at radius 1 is 1.07 bits per heavy atom. The predicted molar refractivity (Wildman–Crippen MR) is 112 cm³/mol. The van der Waals surface area contributed by atoms with E-state index in [2.05, 4.69) is 4.98 Å². The molecule has 2 heterocycles. The summed E-state index contributed by atoms with van der Waals surface area (Å²) in [6.07, 6.45) is 4.28. The molecule has 5 nitrogen and oxygen atoms in total. The van der Waals surface area contributed by atoms with Crippen LogP contribution in [0.3, 0.4) is 0 Å². The van der Waals surface area contributed by atoms with Gasteiger partial charge < -0.3 is 0 Å². The Hall–Kier alpha value is -1.70. The molecule has 0 spiro atoms. The maximum atomic E-state index is 12.7. The maximum Gasteiger partial charge on any atom is 0.244 e. The quantitative estimate of drug-likeness (QED) is 0.519. The van der Waals surface area contributed by atoms with Gasteiger partial charge in [0.05, 0.1) is 10.3 Å². The van der Waals surface area contributed by atoms with Crippen molar-refractivity contribution in [3.63, 3.8) is 0 Å². The van der Waals surface area contributed by atoms with Crippen LogP contribution in [-0.2, 0) is 10.0 Å². The largest absolute Gasteiger partial charge is 0.293 e. The van der Waals surface area contributed by atoms with Crippen molar-refractivity contribution in [3.05, 3.63) is 53.2 Å². The molecule has 0 saturated carbocycles. The van der Waals surface area contributed by atoms with Gasteiger partial charge in [-0.05, 0) is 62.9 Å². The van der Waals surface area contributed by atoms with Gasteiger partial charge in [-0.15, -0.1) is 0 Å². The number of ketones is 1. The molecular formula is C21H26N2O3S2. The van der Waals surface area contributed by atoms with Gasteiger partial charge in [0.15, 0.2) is 5.78 Å². The van der Waals surface area contributed by atoms with Gasteiger partial charge in [-0.2, -0.15) is 4.31 Å². The van der Waals surface area contributed by atoms with Crippen molar-refractivity contribution in [2.45, 2.75) is 55.2 Å². The van der Waals surface area contributed by atoms with Crippen molar-refractivity contribution in [2.24, 2.45) is 0 Å². The molecule has 2 aromatic rings. The van der Waals surface area contributed by atoms with Crippen molar-refractivity contribution >= 4 is 27.6 Å². The molecule has 0 N–H and O–H groups in total.